The molecule has 0 atom stereocenters. The molecule has 2 heterocycles. The van der Waals surface area contributed by atoms with Crippen molar-refractivity contribution in [1.29, 1.82) is 0 Å². The molecule has 0 unspecified atom stereocenters. The molecular weight excluding hydrogens is 252 g/mol. The summed E-state index contributed by atoms with van der Waals surface area (Å²) in [6, 6.07) is 6.11. The van der Waals surface area contributed by atoms with E-state index in [4.69, 9.17) is 5.73 Å². The van der Waals surface area contributed by atoms with Crippen molar-refractivity contribution >= 4 is 5.95 Å². The van der Waals surface area contributed by atoms with E-state index in [0.717, 1.165) is 11.1 Å². The molecule has 0 aliphatic rings. The zero-order valence-corrected chi connectivity index (χ0v) is 11.3. The topological polar surface area (TPSA) is 82.5 Å². The third-order valence-electron chi connectivity index (χ3n) is 3.00. The Balaban J connectivity index is 2.14. The molecule has 0 saturated carbocycles. The van der Waals surface area contributed by atoms with Crippen molar-refractivity contribution in [3.05, 3.63) is 48.0 Å². The van der Waals surface area contributed by atoms with Gasteiger partial charge in [-0.15, -0.1) is 0 Å². The summed E-state index contributed by atoms with van der Waals surface area (Å²) >= 11 is 0. The van der Waals surface area contributed by atoms with Crippen LogP contribution in [0.3, 0.4) is 0 Å². The van der Waals surface area contributed by atoms with Crippen molar-refractivity contribution in [2.24, 2.45) is 0 Å². The molecule has 20 heavy (non-hydrogen) atoms. The number of aryl methyl sites for hydroxylation is 2. The van der Waals surface area contributed by atoms with E-state index < -0.39 is 0 Å². The minimum atomic E-state index is 0.193. The monoisotopic (exact) mass is 266 g/mol. The van der Waals surface area contributed by atoms with Crippen LogP contribution in [0.15, 0.2) is 36.9 Å². The van der Waals surface area contributed by atoms with Gasteiger partial charge >= 0.3 is 0 Å². The molecule has 0 spiro atoms. The van der Waals surface area contributed by atoms with Crippen LogP contribution in [-0.2, 0) is 0 Å². The van der Waals surface area contributed by atoms with Gasteiger partial charge in [0.15, 0.2) is 5.82 Å². The van der Waals surface area contributed by atoms with Gasteiger partial charge in [-0.25, -0.2) is 4.98 Å². The molecule has 2 N–H and O–H groups in total. The highest BCUT2D eigenvalue weighted by Crippen LogP contribution is 2.21. The van der Waals surface area contributed by atoms with Gasteiger partial charge < -0.3 is 5.73 Å². The summed E-state index contributed by atoms with van der Waals surface area (Å²) in [6.45, 7) is 4.08. The minimum absolute atomic E-state index is 0.193. The lowest BCUT2D eigenvalue weighted by Crippen LogP contribution is -2.07. The number of benzene rings is 1. The first kappa shape index (κ1) is 12.3. The van der Waals surface area contributed by atoms with Gasteiger partial charge in [0.1, 0.15) is 6.33 Å². The fourth-order valence-corrected chi connectivity index (χ4v) is 2.06. The van der Waals surface area contributed by atoms with E-state index in [-0.39, 0.29) is 5.95 Å². The number of nitrogen functional groups attached to an aromatic ring is 1. The maximum Gasteiger partial charge on any atom is 0.240 e. The molecule has 0 fully saturated rings. The van der Waals surface area contributed by atoms with Crippen LogP contribution >= 0.6 is 0 Å². The van der Waals surface area contributed by atoms with Gasteiger partial charge in [-0.2, -0.15) is 15.0 Å². The van der Waals surface area contributed by atoms with Crippen LogP contribution < -0.4 is 5.73 Å². The van der Waals surface area contributed by atoms with Crippen LogP contribution in [0.2, 0.25) is 0 Å². The average Bonchev–Trinajstić information content (AvgIpc) is 2.91. The highest BCUT2D eigenvalue weighted by atomic mass is 15.2. The maximum atomic E-state index is 5.79. The van der Waals surface area contributed by atoms with Crippen LogP contribution in [0, 0.1) is 13.8 Å². The molecule has 100 valence electrons. The first-order valence-electron chi connectivity index (χ1n) is 6.21. The van der Waals surface area contributed by atoms with Crippen LogP contribution in [0.5, 0.6) is 0 Å². The Kier molecular flexibility index (Phi) is 2.90. The number of hydrogen-bond acceptors (Lipinski definition) is 5. The normalized spacial score (nSPS) is 10.7. The predicted molar refractivity (Wildman–Crippen MR) is 76.3 cm³/mol. The Morgan fingerprint density at radius 2 is 1.95 bits per heavy atom. The summed E-state index contributed by atoms with van der Waals surface area (Å²) in [4.78, 5) is 16.8. The summed E-state index contributed by atoms with van der Waals surface area (Å²) in [5.41, 5.74) is 9.04. The van der Waals surface area contributed by atoms with Crippen molar-refractivity contribution in [1.82, 2.24) is 24.5 Å². The second-order valence-electron chi connectivity index (χ2n) is 4.61. The van der Waals surface area contributed by atoms with E-state index in [0.29, 0.717) is 11.8 Å². The fraction of sp³-hybridized carbons (Fsp3) is 0.143. The molecule has 3 aromatic rings. The molecule has 0 aliphatic heterocycles. The van der Waals surface area contributed by atoms with Gasteiger partial charge in [0, 0.05) is 18.0 Å². The molecule has 2 aromatic heterocycles. The molecule has 1 aromatic carbocycles. The summed E-state index contributed by atoms with van der Waals surface area (Å²) < 4.78 is 1.70. The summed E-state index contributed by atoms with van der Waals surface area (Å²) in [6.07, 6.45) is 5.05. The van der Waals surface area contributed by atoms with Crippen molar-refractivity contribution in [3.63, 3.8) is 0 Å². The van der Waals surface area contributed by atoms with Gasteiger partial charge in [-0.3, -0.25) is 4.57 Å². The number of nitrogens with two attached hydrogens (primary N) is 1. The molecule has 0 saturated heterocycles. The lowest BCUT2D eigenvalue weighted by atomic mass is 10.1. The van der Waals surface area contributed by atoms with Gasteiger partial charge in [0.25, 0.3) is 0 Å². The molecule has 6 heteroatoms. The largest absolute Gasteiger partial charge is 0.368 e. The standard InChI is InChI=1S/C14H14N6/c1-9-3-4-11(10(2)7-9)12-17-13(15)19-14(18-12)20-6-5-16-8-20/h3-8H,1-2H3,(H2,15,17,18,19). The molecule has 0 bridgehead atoms. The number of imidazole rings is 1. The highest BCUT2D eigenvalue weighted by molar-refractivity contribution is 5.61. The second kappa shape index (κ2) is 4.73. The SMILES string of the molecule is Cc1ccc(-c2nc(N)nc(-n3ccnc3)n2)c(C)c1. The van der Waals surface area contributed by atoms with E-state index in [9.17, 15) is 0 Å². The molecular formula is C14H14N6. The first-order valence-corrected chi connectivity index (χ1v) is 6.21. The van der Waals surface area contributed by atoms with Crippen LogP contribution in [-0.4, -0.2) is 24.5 Å². The molecule has 0 aliphatic carbocycles. The number of aromatic nitrogens is 5. The quantitative estimate of drug-likeness (QED) is 0.766. The Morgan fingerprint density at radius 3 is 2.65 bits per heavy atom. The number of anilines is 1. The fourth-order valence-electron chi connectivity index (χ4n) is 2.06. The number of hydrogen-bond donors (Lipinski definition) is 1. The summed E-state index contributed by atoms with van der Waals surface area (Å²) in [5.74, 6) is 1.22. The average molecular weight is 266 g/mol. The Hall–Kier alpha value is -2.76. The number of rotatable bonds is 2. The highest BCUT2D eigenvalue weighted by Gasteiger charge is 2.10. The molecule has 0 amide bonds. The van der Waals surface area contributed by atoms with E-state index in [1.54, 1.807) is 23.3 Å². The third-order valence-corrected chi connectivity index (χ3v) is 3.00. The van der Waals surface area contributed by atoms with E-state index in [1.165, 1.54) is 5.56 Å². The van der Waals surface area contributed by atoms with Gasteiger partial charge in [0.05, 0.1) is 0 Å². The van der Waals surface area contributed by atoms with Crippen LogP contribution in [0.25, 0.3) is 17.3 Å². The van der Waals surface area contributed by atoms with Gasteiger partial charge in [-0.1, -0.05) is 23.8 Å². The van der Waals surface area contributed by atoms with Gasteiger partial charge in [0.2, 0.25) is 11.9 Å². The second-order valence-corrected chi connectivity index (χ2v) is 4.61. The smallest absolute Gasteiger partial charge is 0.240 e. The summed E-state index contributed by atoms with van der Waals surface area (Å²) in [7, 11) is 0. The molecule has 0 radical (unpaired) electrons. The molecule has 6 nitrogen and oxygen atoms in total. The number of nitrogens with zero attached hydrogens (tertiary/aromatic N) is 5. The lowest BCUT2D eigenvalue weighted by molar-refractivity contribution is 0.906. The lowest BCUT2D eigenvalue weighted by Gasteiger charge is -2.08. The maximum absolute atomic E-state index is 5.79. The third kappa shape index (κ3) is 2.23. The Bertz CT molecular complexity index is 748. The van der Waals surface area contributed by atoms with E-state index in [1.807, 2.05) is 19.1 Å². The van der Waals surface area contributed by atoms with Crippen LogP contribution in [0.1, 0.15) is 11.1 Å². The zero-order chi connectivity index (χ0) is 14.1. The van der Waals surface area contributed by atoms with Gasteiger partial charge in [-0.05, 0) is 19.4 Å². The van der Waals surface area contributed by atoms with Crippen molar-refractivity contribution in [2.75, 3.05) is 5.73 Å². The Labute approximate surface area is 116 Å². The first-order chi connectivity index (χ1) is 9.63. The van der Waals surface area contributed by atoms with E-state index >= 15 is 0 Å². The van der Waals surface area contributed by atoms with Crippen molar-refractivity contribution in [3.8, 4) is 17.3 Å². The van der Waals surface area contributed by atoms with E-state index in [2.05, 4.69) is 32.9 Å². The van der Waals surface area contributed by atoms with Crippen molar-refractivity contribution in [2.45, 2.75) is 13.8 Å². The van der Waals surface area contributed by atoms with Crippen molar-refractivity contribution < 1.29 is 0 Å². The summed E-state index contributed by atoms with van der Waals surface area (Å²) in [5, 5.41) is 0. The Morgan fingerprint density at radius 1 is 1.10 bits per heavy atom. The minimum Gasteiger partial charge on any atom is -0.368 e. The zero-order valence-electron chi connectivity index (χ0n) is 11.3. The predicted octanol–water partition coefficient (Wildman–Crippen LogP) is 1.92. The molecule has 3 rings (SSSR count). The van der Waals surface area contributed by atoms with Crippen LogP contribution in [0.4, 0.5) is 5.95 Å².